The van der Waals surface area contributed by atoms with Crippen molar-refractivity contribution in [3.05, 3.63) is 58.3 Å². The van der Waals surface area contributed by atoms with Gasteiger partial charge < -0.3 is 14.9 Å². The number of carbonyl (C=O) groups is 1. The van der Waals surface area contributed by atoms with Gasteiger partial charge in [-0.2, -0.15) is 0 Å². The van der Waals surface area contributed by atoms with E-state index in [0.29, 0.717) is 28.5 Å². The molecule has 2 heterocycles. The molecule has 0 fully saturated rings. The first-order valence-corrected chi connectivity index (χ1v) is 7.79. The summed E-state index contributed by atoms with van der Waals surface area (Å²) in [5, 5.41) is 1.24. The van der Waals surface area contributed by atoms with E-state index in [0.717, 1.165) is 29.5 Å². The molecule has 3 aromatic rings. The average molecular weight is 328 g/mol. The molecule has 4 nitrogen and oxygen atoms in total. The van der Waals surface area contributed by atoms with Crippen LogP contribution in [0, 0.1) is 0 Å². The zero-order chi connectivity index (χ0) is 16.0. The summed E-state index contributed by atoms with van der Waals surface area (Å²) in [6, 6.07) is 10.5. The van der Waals surface area contributed by atoms with E-state index in [9.17, 15) is 4.79 Å². The van der Waals surface area contributed by atoms with Crippen LogP contribution in [0.1, 0.15) is 28.1 Å². The Bertz CT molecular complexity index is 929. The number of nitrogens with two attached hydrogens (primary N) is 1. The Morgan fingerprint density at radius 1 is 1.22 bits per heavy atom. The van der Waals surface area contributed by atoms with Gasteiger partial charge in [-0.05, 0) is 36.6 Å². The van der Waals surface area contributed by atoms with Crippen LogP contribution in [-0.2, 0) is 6.42 Å². The van der Waals surface area contributed by atoms with Crippen molar-refractivity contribution in [2.45, 2.75) is 12.8 Å². The third-order valence-electron chi connectivity index (χ3n) is 4.05. The van der Waals surface area contributed by atoms with Crippen molar-refractivity contribution in [2.24, 2.45) is 0 Å². The molecule has 4 rings (SSSR count). The van der Waals surface area contributed by atoms with E-state index in [1.807, 2.05) is 12.1 Å². The van der Waals surface area contributed by atoms with Crippen molar-refractivity contribution in [1.29, 1.82) is 0 Å². The van der Waals surface area contributed by atoms with E-state index in [2.05, 4.69) is 0 Å². The molecule has 1 aliphatic heterocycles. The second-order valence-electron chi connectivity index (χ2n) is 5.59. The molecule has 0 saturated carbocycles. The minimum absolute atomic E-state index is 0.143. The lowest BCUT2D eigenvalue weighted by atomic mass is 10.0. The van der Waals surface area contributed by atoms with Gasteiger partial charge in [0, 0.05) is 22.0 Å². The van der Waals surface area contributed by atoms with Gasteiger partial charge >= 0.3 is 0 Å². The normalized spacial score (nSPS) is 13.6. The largest absolute Gasteiger partial charge is 0.493 e. The molecule has 0 amide bonds. The van der Waals surface area contributed by atoms with Crippen molar-refractivity contribution in [3.8, 4) is 5.75 Å². The number of ketones is 1. The summed E-state index contributed by atoms with van der Waals surface area (Å²) in [7, 11) is 0. The fourth-order valence-electron chi connectivity index (χ4n) is 2.89. The quantitative estimate of drug-likeness (QED) is 0.715. The molecule has 0 atom stereocenters. The predicted molar refractivity (Wildman–Crippen MR) is 89.3 cm³/mol. The van der Waals surface area contributed by atoms with E-state index in [-0.39, 0.29) is 11.5 Å². The molecular weight excluding hydrogens is 314 g/mol. The Labute approximate surface area is 137 Å². The minimum atomic E-state index is -0.278. The number of nitrogen functional groups attached to an aromatic ring is 1. The standard InChI is InChI=1S/C18H14ClNO3/c19-12-5-1-3-11(7-12)17(21)18-16(20)13-8-10-4-2-6-22-14(10)9-15(13)23-18/h1,3,5,7-9H,2,4,6,20H2. The molecule has 0 unspecified atom stereocenters. The molecule has 0 radical (unpaired) electrons. The maximum atomic E-state index is 12.6. The van der Waals surface area contributed by atoms with Crippen molar-refractivity contribution in [1.82, 2.24) is 0 Å². The molecule has 2 aromatic carbocycles. The molecule has 1 aromatic heterocycles. The third-order valence-corrected chi connectivity index (χ3v) is 4.29. The number of ether oxygens (including phenoxy) is 1. The van der Waals surface area contributed by atoms with Crippen molar-refractivity contribution in [2.75, 3.05) is 12.3 Å². The van der Waals surface area contributed by atoms with Gasteiger partial charge in [-0.3, -0.25) is 4.79 Å². The van der Waals surface area contributed by atoms with E-state index >= 15 is 0 Å². The lowest BCUT2D eigenvalue weighted by Crippen LogP contribution is -2.07. The molecule has 1 aliphatic rings. The number of anilines is 1. The topological polar surface area (TPSA) is 65.5 Å². The summed E-state index contributed by atoms with van der Waals surface area (Å²) in [4.78, 5) is 12.6. The Hall–Kier alpha value is -2.46. The van der Waals surface area contributed by atoms with Crippen LogP contribution < -0.4 is 10.5 Å². The Morgan fingerprint density at radius 3 is 2.91 bits per heavy atom. The molecular formula is C18H14ClNO3. The molecule has 5 heteroatoms. The highest BCUT2D eigenvalue weighted by Gasteiger charge is 2.22. The van der Waals surface area contributed by atoms with Crippen molar-refractivity contribution in [3.63, 3.8) is 0 Å². The van der Waals surface area contributed by atoms with E-state index in [1.165, 1.54) is 0 Å². The van der Waals surface area contributed by atoms with Gasteiger partial charge in [0.15, 0.2) is 5.76 Å². The highest BCUT2D eigenvalue weighted by molar-refractivity contribution is 6.31. The molecule has 0 spiro atoms. The lowest BCUT2D eigenvalue weighted by molar-refractivity contribution is 0.101. The van der Waals surface area contributed by atoms with Gasteiger partial charge in [-0.1, -0.05) is 23.7 Å². The van der Waals surface area contributed by atoms with Crippen LogP contribution in [0.15, 0.2) is 40.8 Å². The zero-order valence-corrected chi connectivity index (χ0v) is 13.0. The smallest absolute Gasteiger partial charge is 0.230 e. The molecule has 23 heavy (non-hydrogen) atoms. The summed E-state index contributed by atoms with van der Waals surface area (Å²) in [6.07, 6.45) is 1.91. The van der Waals surface area contributed by atoms with Crippen LogP contribution in [0.4, 0.5) is 5.69 Å². The Balaban J connectivity index is 1.84. The number of benzene rings is 2. The van der Waals surface area contributed by atoms with Crippen LogP contribution in [0.2, 0.25) is 5.02 Å². The third kappa shape index (κ3) is 2.35. The second kappa shape index (κ2) is 5.32. The molecule has 0 bridgehead atoms. The number of hydrogen-bond donors (Lipinski definition) is 1. The van der Waals surface area contributed by atoms with E-state index in [1.54, 1.807) is 24.3 Å². The van der Waals surface area contributed by atoms with Crippen molar-refractivity contribution < 1.29 is 13.9 Å². The highest BCUT2D eigenvalue weighted by Crippen LogP contribution is 2.36. The molecule has 0 aliphatic carbocycles. The van der Waals surface area contributed by atoms with Crippen LogP contribution >= 0.6 is 11.6 Å². The maximum Gasteiger partial charge on any atom is 0.230 e. The van der Waals surface area contributed by atoms with Gasteiger partial charge in [-0.25, -0.2) is 0 Å². The Kier molecular flexibility index (Phi) is 3.27. The molecule has 2 N–H and O–H groups in total. The lowest BCUT2D eigenvalue weighted by Gasteiger charge is -2.16. The van der Waals surface area contributed by atoms with Crippen LogP contribution in [0.25, 0.3) is 11.0 Å². The van der Waals surface area contributed by atoms with Crippen molar-refractivity contribution >= 4 is 34.0 Å². The number of furan rings is 1. The van der Waals surface area contributed by atoms with Crippen LogP contribution in [0.5, 0.6) is 5.75 Å². The van der Waals surface area contributed by atoms with Crippen LogP contribution in [-0.4, -0.2) is 12.4 Å². The van der Waals surface area contributed by atoms with Crippen LogP contribution in [0.3, 0.4) is 0 Å². The van der Waals surface area contributed by atoms with Gasteiger partial charge in [0.2, 0.25) is 5.78 Å². The highest BCUT2D eigenvalue weighted by atomic mass is 35.5. The minimum Gasteiger partial charge on any atom is -0.493 e. The predicted octanol–water partition coefficient (Wildman–Crippen LogP) is 4.22. The van der Waals surface area contributed by atoms with Gasteiger partial charge in [0.05, 0.1) is 12.3 Å². The number of fused-ring (bicyclic) bond motifs is 2. The maximum absolute atomic E-state index is 12.6. The second-order valence-corrected chi connectivity index (χ2v) is 6.03. The summed E-state index contributed by atoms with van der Waals surface area (Å²) < 4.78 is 11.4. The van der Waals surface area contributed by atoms with E-state index < -0.39 is 0 Å². The first-order valence-electron chi connectivity index (χ1n) is 7.41. The number of carbonyl (C=O) groups excluding carboxylic acids is 1. The number of halogens is 1. The fraction of sp³-hybridized carbons (Fsp3) is 0.167. The SMILES string of the molecule is Nc1c(C(=O)c2cccc(Cl)c2)oc2cc3c(cc12)CCCO3. The summed E-state index contributed by atoms with van der Waals surface area (Å²) >= 11 is 5.95. The number of aryl methyl sites for hydroxylation is 1. The molecule has 116 valence electrons. The first-order chi connectivity index (χ1) is 11.1. The van der Waals surface area contributed by atoms with Gasteiger partial charge in [0.25, 0.3) is 0 Å². The van der Waals surface area contributed by atoms with Gasteiger partial charge in [0.1, 0.15) is 11.3 Å². The summed E-state index contributed by atoms with van der Waals surface area (Å²) in [5.74, 6) is 0.670. The average Bonchev–Trinajstić information content (AvgIpc) is 2.88. The number of rotatable bonds is 2. The first kappa shape index (κ1) is 14.2. The number of hydrogen-bond acceptors (Lipinski definition) is 4. The monoisotopic (exact) mass is 327 g/mol. The van der Waals surface area contributed by atoms with E-state index in [4.69, 9.17) is 26.5 Å². The Morgan fingerprint density at radius 2 is 2.09 bits per heavy atom. The zero-order valence-electron chi connectivity index (χ0n) is 12.3. The summed E-state index contributed by atoms with van der Waals surface area (Å²) in [6.45, 7) is 0.697. The summed E-state index contributed by atoms with van der Waals surface area (Å²) in [5.41, 5.74) is 8.63. The molecule has 0 saturated heterocycles. The van der Waals surface area contributed by atoms with Gasteiger partial charge in [-0.15, -0.1) is 0 Å². The fourth-order valence-corrected chi connectivity index (χ4v) is 3.08.